The van der Waals surface area contributed by atoms with E-state index in [0.717, 1.165) is 0 Å². The monoisotopic (exact) mass is 446 g/mol. The van der Waals surface area contributed by atoms with Crippen LogP contribution in [0.1, 0.15) is 5.82 Å². The van der Waals surface area contributed by atoms with Crippen LogP contribution in [0.4, 0.5) is 5.69 Å². The molecule has 0 aliphatic carbocycles. The highest BCUT2D eigenvalue weighted by atomic mass is 16.5. The van der Waals surface area contributed by atoms with Gasteiger partial charge in [-0.1, -0.05) is 0 Å². The van der Waals surface area contributed by atoms with E-state index in [2.05, 4.69) is 30.0 Å². The van der Waals surface area contributed by atoms with E-state index in [4.69, 9.17) is 9.47 Å². The maximum atomic E-state index is 13.3. The van der Waals surface area contributed by atoms with Crippen LogP contribution in [-0.2, 0) is 13.6 Å². The number of aryl methyl sites for hydroxylation is 1. The van der Waals surface area contributed by atoms with Crippen molar-refractivity contribution in [2.24, 2.45) is 7.05 Å². The van der Waals surface area contributed by atoms with E-state index in [1.807, 2.05) is 19.0 Å². The molecule has 0 saturated heterocycles. The highest BCUT2D eigenvalue weighted by molar-refractivity contribution is 5.97. The van der Waals surface area contributed by atoms with Crippen molar-refractivity contribution >= 4 is 27.8 Å². The summed E-state index contributed by atoms with van der Waals surface area (Å²) in [7, 11) is 6.81. The number of rotatable bonds is 6. The van der Waals surface area contributed by atoms with Crippen LogP contribution in [0, 0.1) is 0 Å². The number of aromatic amines is 2. The molecule has 11 nitrogen and oxygen atoms in total. The summed E-state index contributed by atoms with van der Waals surface area (Å²) in [5, 5.41) is 4.59. The van der Waals surface area contributed by atoms with E-state index >= 15 is 0 Å². The maximum absolute atomic E-state index is 13.3. The largest absolute Gasteiger partial charge is 0.493 e. The van der Waals surface area contributed by atoms with E-state index in [1.54, 1.807) is 55.7 Å². The van der Waals surface area contributed by atoms with E-state index in [-0.39, 0.29) is 5.56 Å². The molecule has 5 aromatic rings. The third-order valence-electron chi connectivity index (χ3n) is 5.37. The van der Waals surface area contributed by atoms with Crippen molar-refractivity contribution in [2.75, 3.05) is 26.2 Å². The van der Waals surface area contributed by atoms with Gasteiger partial charge in [-0.2, -0.15) is 5.10 Å². The van der Waals surface area contributed by atoms with Gasteiger partial charge in [0.25, 0.3) is 5.56 Å². The molecule has 4 heterocycles. The topological polar surface area (TPSA) is 127 Å². The average molecular weight is 446 g/mol. The van der Waals surface area contributed by atoms with Gasteiger partial charge in [-0.05, 0) is 6.07 Å². The fourth-order valence-electron chi connectivity index (χ4n) is 3.91. The fraction of sp³-hybridized carbons (Fsp3) is 0.227. The summed E-state index contributed by atoms with van der Waals surface area (Å²) in [6.07, 6.45) is 5.14. The Hall–Kier alpha value is -4.41. The van der Waals surface area contributed by atoms with Crippen LogP contribution in [0.2, 0.25) is 0 Å². The maximum Gasteiger partial charge on any atom is 0.261 e. The van der Waals surface area contributed by atoms with Crippen molar-refractivity contribution in [2.45, 2.75) is 6.54 Å². The van der Waals surface area contributed by atoms with Gasteiger partial charge in [0, 0.05) is 44.8 Å². The second-order valence-electron chi connectivity index (χ2n) is 7.57. The van der Waals surface area contributed by atoms with Crippen molar-refractivity contribution in [3.05, 3.63) is 53.0 Å². The number of nitrogens with zero attached hydrogens (tertiary/aromatic N) is 6. The Kier molecular flexibility index (Phi) is 4.93. The average Bonchev–Trinajstić information content (AvgIpc) is 3.39. The molecule has 0 bridgehead atoms. The molecule has 4 aromatic heterocycles. The standard InChI is InChI=1S/C22H22N8O3/c1-29(11-17-23-6-5-7-24-17)20-18(22(31)27-14-10-30(2)28-19(14)20)21-25-12-8-15(32-3)16(33-4)9-13(12)26-21/h5-10H,11H2,1-4H3,(H,25,26)(H,27,31). The number of hydrogen-bond acceptors (Lipinski definition) is 8. The predicted molar refractivity (Wildman–Crippen MR) is 124 cm³/mol. The van der Waals surface area contributed by atoms with E-state index in [9.17, 15) is 4.79 Å². The van der Waals surface area contributed by atoms with Gasteiger partial charge >= 0.3 is 0 Å². The van der Waals surface area contributed by atoms with E-state index < -0.39 is 0 Å². The first-order chi connectivity index (χ1) is 16.0. The van der Waals surface area contributed by atoms with Crippen LogP contribution in [0.3, 0.4) is 0 Å². The minimum atomic E-state index is -0.288. The molecule has 0 spiro atoms. The molecule has 0 radical (unpaired) electrons. The summed E-state index contributed by atoms with van der Waals surface area (Å²) < 4.78 is 12.4. The number of fused-ring (bicyclic) bond motifs is 2. The number of nitrogens with one attached hydrogen (secondary N) is 2. The van der Waals surface area contributed by atoms with E-state index in [0.29, 0.717) is 63.0 Å². The Bertz CT molecular complexity index is 1480. The van der Waals surface area contributed by atoms with Gasteiger partial charge in [-0.3, -0.25) is 9.48 Å². The van der Waals surface area contributed by atoms with Gasteiger partial charge in [0.05, 0.1) is 43.0 Å². The number of methoxy groups -OCH3 is 2. The molecule has 0 aliphatic heterocycles. The Balaban J connectivity index is 1.73. The highest BCUT2D eigenvalue weighted by Crippen LogP contribution is 2.35. The second kappa shape index (κ2) is 7.93. The van der Waals surface area contributed by atoms with Gasteiger partial charge in [0.2, 0.25) is 0 Å². The number of H-pyrrole nitrogens is 2. The Labute approximate surface area is 188 Å². The number of hydrogen-bond donors (Lipinski definition) is 2. The van der Waals surface area contributed by atoms with Crippen LogP contribution in [0.25, 0.3) is 33.5 Å². The molecular weight excluding hydrogens is 424 g/mol. The zero-order chi connectivity index (χ0) is 23.1. The van der Waals surface area contributed by atoms with Crippen LogP contribution in [0.15, 0.2) is 41.6 Å². The molecule has 168 valence electrons. The van der Waals surface area contributed by atoms with Gasteiger partial charge in [0.15, 0.2) is 11.5 Å². The molecule has 0 amide bonds. The van der Waals surface area contributed by atoms with Gasteiger partial charge in [-0.15, -0.1) is 0 Å². The second-order valence-corrected chi connectivity index (χ2v) is 7.57. The van der Waals surface area contributed by atoms with Crippen LogP contribution in [0.5, 0.6) is 11.5 Å². The number of benzene rings is 1. The molecule has 33 heavy (non-hydrogen) atoms. The molecule has 11 heteroatoms. The summed E-state index contributed by atoms with van der Waals surface area (Å²) in [6.45, 7) is 0.380. The number of ether oxygens (including phenoxy) is 2. The predicted octanol–water partition coefficient (Wildman–Crippen LogP) is 2.25. The van der Waals surface area contributed by atoms with Gasteiger partial charge < -0.3 is 24.3 Å². The van der Waals surface area contributed by atoms with Crippen molar-refractivity contribution in [3.8, 4) is 22.9 Å². The summed E-state index contributed by atoms with van der Waals surface area (Å²) >= 11 is 0. The smallest absolute Gasteiger partial charge is 0.261 e. The lowest BCUT2D eigenvalue weighted by molar-refractivity contribution is 0.356. The first-order valence-corrected chi connectivity index (χ1v) is 10.2. The molecule has 0 aliphatic rings. The third kappa shape index (κ3) is 3.53. The molecule has 0 atom stereocenters. The SMILES string of the molecule is COc1cc2nc(-c3c(N(C)Cc4ncccn4)c4nn(C)cc4[nH]c3=O)[nH]c2cc1OC. The zero-order valence-corrected chi connectivity index (χ0v) is 18.6. The minimum absolute atomic E-state index is 0.288. The third-order valence-corrected chi connectivity index (χ3v) is 5.37. The fourth-order valence-corrected chi connectivity index (χ4v) is 3.91. The number of pyridine rings is 1. The summed E-state index contributed by atoms with van der Waals surface area (Å²) in [5.74, 6) is 2.14. The highest BCUT2D eigenvalue weighted by Gasteiger charge is 2.23. The van der Waals surface area contributed by atoms with Crippen molar-refractivity contribution in [1.82, 2.24) is 34.7 Å². The van der Waals surface area contributed by atoms with Crippen LogP contribution in [-0.4, -0.2) is 56.0 Å². The van der Waals surface area contributed by atoms with Crippen LogP contribution < -0.4 is 19.9 Å². The molecule has 1 aromatic carbocycles. The summed E-state index contributed by atoms with van der Waals surface area (Å²) in [4.78, 5) is 34.7. The Morgan fingerprint density at radius 2 is 1.79 bits per heavy atom. The number of aromatic nitrogens is 7. The minimum Gasteiger partial charge on any atom is -0.493 e. The quantitative estimate of drug-likeness (QED) is 0.407. The first kappa shape index (κ1) is 20.5. The molecular formula is C22H22N8O3. The zero-order valence-electron chi connectivity index (χ0n) is 18.6. The molecule has 2 N–H and O–H groups in total. The lowest BCUT2D eigenvalue weighted by atomic mass is 10.1. The van der Waals surface area contributed by atoms with Crippen LogP contribution >= 0.6 is 0 Å². The molecule has 0 fully saturated rings. The normalized spacial score (nSPS) is 11.3. The van der Waals surface area contributed by atoms with Gasteiger partial charge in [-0.25, -0.2) is 15.0 Å². The Morgan fingerprint density at radius 1 is 1.06 bits per heavy atom. The number of imidazole rings is 1. The van der Waals surface area contributed by atoms with Crippen molar-refractivity contribution in [1.29, 1.82) is 0 Å². The summed E-state index contributed by atoms with van der Waals surface area (Å²) in [6, 6.07) is 5.32. The van der Waals surface area contributed by atoms with Crippen molar-refractivity contribution < 1.29 is 9.47 Å². The lowest BCUT2D eigenvalue weighted by Crippen LogP contribution is -2.23. The molecule has 0 unspecified atom stereocenters. The molecule has 0 saturated carbocycles. The first-order valence-electron chi connectivity index (χ1n) is 10.2. The number of anilines is 1. The summed E-state index contributed by atoms with van der Waals surface area (Å²) in [5.41, 5.74) is 3.33. The molecule has 5 rings (SSSR count). The lowest BCUT2D eigenvalue weighted by Gasteiger charge is -2.21. The Morgan fingerprint density at radius 3 is 2.52 bits per heavy atom. The van der Waals surface area contributed by atoms with Gasteiger partial charge in [0.1, 0.15) is 22.7 Å². The van der Waals surface area contributed by atoms with E-state index in [1.165, 1.54) is 0 Å². The van der Waals surface area contributed by atoms with Crippen molar-refractivity contribution in [3.63, 3.8) is 0 Å².